The first-order valence-electron chi connectivity index (χ1n) is 8.94. The summed E-state index contributed by atoms with van der Waals surface area (Å²) in [5.41, 5.74) is 1.28. The molecule has 0 bridgehead atoms. The van der Waals surface area contributed by atoms with Crippen LogP contribution in [0.4, 0.5) is 6.01 Å². The SMILES string of the molecule is CN(C)CC(C)(C)CN1CCN(c2nc(-c3ccccc3)no2)CC1. The number of piperazine rings is 1. The maximum atomic E-state index is 5.49. The molecule has 25 heavy (non-hydrogen) atoms. The van der Waals surface area contributed by atoms with E-state index in [1.807, 2.05) is 30.3 Å². The lowest BCUT2D eigenvalue weighted by Crippen LogP contribution is -2.50. The molecule has 0 aliphatic carbocycles. The van der Waals surface area contributed by atoms with Crippen LogP contribution in [0.3, 0.4) is 0 Å². The molecule has 0 N–H and O–H groups in total. The van der Waals surface area contributed by atoms with Gasteiger partial charge < -0.3 is 14.3 Å². The molecule has 1 aliphatic heterocycles. The topological polar surface area (TPSA) is 48.6 Å². The van der Waals surface area contributed by atoms with E-state index in [1.54, 1.807) is 0 Å². The number of aromatic nitrogens is 2. The van der Waals surface area contributed by atoms with Gasteiger partial charge in [-0.3, -0.25) is 4.90 Å². The van der Waals surface area contributed by atoms with Crippen LogP contribution in [0, 0.1) is 5.41 Å². The molecule has 6 heteroatoms. The third kappa shape index (κ3) is 4.80. The van der Waals surface area contributed by atoms with Gasteiger partial charge in [-0.05, 0) is 19.5 Å². The summed E-state index contributed by atoms with van der Waals surface area (Å²) >= 11 is 0. The molecule has 0 unspecified atom stereocenters. The van der Waals surface area contributed by atoms with Gasteiger partial charge in [0.05, 0.1) is 0 Å². The number of rotatable bonds is 6. The molecule has 2 aromatic rings. The Kier molecular flexibility index (Phi) is 5.39. The molecule has 2 heterocycles. The standard InChI is InChI=1S/C19H29N5O/c1-19(2,14-22(3)4)15-23-10-12-24(13-11-23)18-20-17(21-25-18)16-8-6-5-7-9-16/h5-9H,10-15H2,1-4H3. The zero-order chi connectivity index (χ0) is 17.9. The van der Waals surface area contributed by atoms with Crippen molar-refractivity contribution >= 4 is 6.01 Å². The van der Waals surface area contributed by atoms with Crippen molar-refractivity contribution in [2.45, 2.75) is 13.8 Å². The van der Waals surface area contributed by atoms with Crippen LogP contribution in [-0.4, -0.2) is 73.3 Å². The van der Waals surface area contributed by atoms with Gasteiger partial charge in [0.15, 0.2) is 0 Å². The number of nitrogens with zero attached hydrogens (tertiary/aromatic N) is 5. The molecule has 3 rings (SSSR count). The van der Waals surface area contributed by atoms with Crippen LogP contribution < -0.4 is 4.90 Å². The van der Waals surface area contributed by atoms with E-state index in [0.29, 0.717) is 11.8 Å². The van der Waals surface area contributed by atoms with Gasteiger partial charge in [-0.2, -0.15) is 4.98 Å². The maximum absolute atomic E-state index is 5.49. The molecular formula is C19H29N5O. The number of hydrogen-bond donors (Lipinski definition) is 0. The summed E-state index contributed by atoms with van der Waals surface area (Å²) in [5, 5.41) is 4.13. The molecule has 1 aliphatic rings. The first-order chi connectivity index (χ1) is 11.9. The average molecular weight is 343 g/mol. The fourth-order valence-corrected chi connectivity index (χ4v) is 3.66. The minimum absolute atomic E-state index is 0.288. The fraction of sp³-hybridized carbons (Fsp3) is 0.579. The second-order valence-corrected chi connectivity index (χ2v) is 7.93. The van der Waals surface area contributed by atoms with E-state index in [2.05, 4.69) is 52.8 Å². The molecule has 0 atom stereocenters. The lowest BCUT2D eigenvalue weighted by atomic mass is 9.92. The molecule has 0 amide bonds. The zero-order valence-electron chi connectivity index (χ0n) is 15.8. The largest absolute Gasteiger partial charge is 0.324 e. The van der Waals surface area contributed by atoms with E-state index in [0.717, 1.165) is 44.8 Å². The van der Waals surface area contributed by atoms with Gasteiger partial charge in [0.2, 0.25) is 5.82 Å². The van der Waals surface area contributed by atoms with Crippen LogP contribution >= 0.6 is 0 Å². The lowest BCUT2D eigenvalue weighted by Gasteiger charge is -2.39. The maximum Gasteiger partial charge on any atom is 0.324 e. The highest BCUT2D eigenvalue weighted by molar-refractivity contribution is 5.55. The Bertz CT molecular complexity index is 659. The predicted molar refractivity (Wildman–Crippen MR) is 101 cm³/mol. The Hall–Kier alpha value is -1.92. The second-order valence-electron chi connectivity index (χ2n) is 7.93. The van der Waals surface area contributed by atoms with Crippen LogP contribution in [0.15, 0.2) is 34.9 Å². The Balaban J connectivity index is 1.55. The van der Waals surface area contributed by atoms with E-state index in [9.17, 15) is 0 Å². The average Bonchev–Trinajstić information content (AvgIpc) is 3.05. The molecule has 0 radical (unpaired) electrons. The van der Waals surface area contributed by atoms with Crippen molar-refractivity contribution in [1.29, 1.82) is 0 Å². The first-order valence-corrected chi connectivity index (χ1v) is 8.94. The van der Waals surface area contributed by atoms with Crippen molar-refractivity contribution in [3.63, 3.8) is 0 Å². The summed E-state index contributed by atoms with van der Waals surface area (Å²) in [6.45, 7) is 10.8. The molecule has 1 fully saturated rings. The highest BCUT2D eigenvalue weighted by Crippen LogP contribution is 2.22. The molecule has 1 saturated heterocycles. The molecule has 136 valence electrons. The molecule has 1 aromatic heterocycles. The smallest absolute Gasteiger partial charge is 0.322 e. The van der Waals surface area contributed by atoms with E-state index in [4.69, 9.17) is 4.52 Å². The van der Waals surface area contributed by atoms with Crippen molar-refractivity contribution in [2.24, 2.45) is 5.41 Å². The van der Waals surface area contributed by atoms with E-state index in [-0.39, 0.29) is 5.41 Å². The summed E-state index contributed by atoms with van der Waals surface area (Å²) in [5.74, 6) is 0.658. The van der Waals surface area contributed by atoms with E-state index < -0.39 is 0 Å². The van der Waals surface area contributed by atoms with E-state index in [1.165, 1.54) is 0 Å². The van der Waals surface area contributed by atoms with Gasteiger partial charge in [0.25, 0.3) is 0 Å². The van der Waals surface area contributed by atoms with Crippen molar-refractivity contribution in [3.8, 4) is 11.4 Å². The third-order valence-electron chi connectivity index (χ3n) is 4.49. The van der Waals surface area contributed by atoms with Gasteiger partial charge in [-0.1, -0.05) is 49.3 Å². The normalized spacial score (nSPS) is 16.6. The quantitative estimate of drug-likeness (QED) is 0.803. The lowest BCUT2D eigenvalue weighted by molar-refractivity contribution is 0.137. The Morgan fingerprint density at radius 3 is 2.40 bits per heavy atom. The second kappa shape index (κ2) is 7.54. The highest BCUT2D eigenvalue weighted by atomic mass is 16.5. The van der Waals surface area contributed by atoms with Gasteiger partial charge >= 0.3 is 6.01 Å². The highest BCUT2D eigenvalue weighted by Gasteiger charge is 2.27. The van der Waals surface area contributed by atoms with Crippen molar-refractivity contribution in [2.75, 3.05) is 58.3 Å². The number of hydrogen-bond acceptors (Lipinski definition) is 6. The Morgan fingerprint density at radius 1 is 1.08 bits per heavy atom. The van der Waals surface area contributed by atoms with Gasteiger partial charge in [-0.25, -0.2) is 0 Å². The predicted octanol–water partition coefficient (Wildman–Crippen LogP) is 2.45. The summed E-state index contributed by atoms with van der Waals surface area (Å²) in [4.78, 5) is 11.6. The minimum atomic E-state index is 0.288. The van der Waals surface area contributed by atoms with Crippen molar-refractivity contribution in [3.05, 3.63) is 30.3 Å². The van der Waals surface area contributed by atoms with Crippen LogP contribution in [0.1, 0.15) is 13.8 Å². The fourth-order valence-electron chi connectivity index (χ4n) is 3.66. The number of anilines is 1. The molecule has 0 saturated carbocycles. The van der Waals surface area contributed by atoms with Gasteiger partial charge in [-0.15, -0.1) is 0 Å². The molecular weight excluding hydrogens is 314 g/mol. The zero-order valence-corrected chi connectivity index (χ0v) is 15.8. The monoisotopic (exact) mass is 343 g/mol. The summed E-state index contributed by atoms with van der Waals surface area (Å²) in [6, 6.07) is 10.6. The van der Waals surface area contributed by atoms with Crippen molar-refractivity contribution in [1.82, 2.24) is 19.9 Å². The Labute approximate surface area is 150 Å². The summed E-state index contributed by atoms with van der Waals surface area (Å²) in [7, 11) is 4.28. The van der Waals surface area contributed by atoms with Crippen LogP contribution in [0.5, 0.6) is 0 Å². The summed E-state index contributed by atoms with van der Waals surface area (Å²) < 4.78 is 5.49. The minimum Gasteiger partial charge on any atom is -0.322 e. The first kappa shape index (κ1) is 17.9. The van der Waals surface area contributed by atoms with Crippen LogP contribution in [-0.2, 0) is 0 Å². The van der Waals surface area contributed by atoms with Crippen LogP contribution in [0.25, 0.3) is 11.4 Å². The summed E-state index contributed by atoms with van der Waals surface area (Å²) in [6.07, 6.45) is 0. The van der Waals surface area contributed by atoms with Crippen LogP contribution in [0.2, 0.25) is 0 Å². The molecule has 0 spiro atoms. The van der Waals surface area contributed by atoms with Crippen molar-refractivity contribution < 1.29 is 4.52 Å². The van der Waals surface area contributed by atoms with Gasteiger partial charge in [0, 0.05) is 44.8 Å². The third-order valence-corrected chi connectivity index (χ3v) is 4.49. The van der Waals surface area contributed by atoms with Gasteiger partial charge in [0.1, 0.15) is 0 Å². The molecule has 6 nitrogen and oxygen atoms in total. The number of benzene rings is 1. The molecule has 1 aromatic carbocycles. The Morgan fingerprint density at radius 2 is 1.76 bits per heavy atom. The van der Waals surface area contributed by atoms with E-state index >= 15 is 0 Å².